The van der Waals surface area contributed by atoms with Gasteiger partial charge in [-0.15, -0.1) is 0 Å². The Morgan fingerprint density at radius 3 is 2.20 bits per heavy atom. The number of nitrogens with zero attached hydrogens (tertiary/aromatic N) is 2. The van der Waals surface area contributed by atoms with Crippen LogP contribution < -0.4 is 0 Å². The number of sulfonamides is 1. The van der Waals surface area contributed by atoms with Crippen molar-refractivity contribution in [1.29, 1.82) is 0 Å². The van der Waals surface area contributed by atoms with Crippen LogP contribution in [0.5, 0.6) is 0 Å². The van der Waals surface area contributed by atoms with Crippen molar-refractivity contribution in [1.82, 2.24) is 9.21 Å². The minimum absolute atomic E-state index is 0.252. The molecule has 1 amide bonds. The van der Waals surface area contributed by atoms with Crippen LogP contribution in [0.15, 0.2) is 29.2 Å². The van der Waals surface area contributed by atoms with Crippen molar-refractivity contribution in [2.75, 3.05) is 32.8 Å². The van der Waals surface area contributed by atoms with E-state index in [2.05, 4.69) is 0 Å². The molecule has 20 heavy (non-hydrogen) atoms. The van der Waals surface area contributed by atoms with Crippen LogP contribution in [0.1, 0.15) is 5.56 Å². The Morgan fingerprint density at radius 2 is 1.70 bits per heavy atom. The predicted octanol–water partition coefficient (Wildman–Crippen LogP) is -0.180. The van der Waals surface area contributed by atoms with Crippen LogP contribution in [-0.2, 0) is 14.8 Å². The van der Waals surface area contributed by atoms with Gasteiger partial charge in [-0.2, -0.15) is 4.31 Å². The third-order valence-electron chi connectivity index (χ3n) is 3.39. The molecule has 1 aromatic carbocycles. The summed E-state index contributed by atoms with van der Waals surface area (Å²) in [4.78, 5) is 13.1. The Hall–Kier alpha value is -1.44. The zero-order valence-corrected chi connectivity index (χ0v) is 12.1. The monoisotopic (exact) mass is 298 g/mol. The number of piperazine rings is 1. The highest BCUT2D eigenvalue weighted by atomic mass is 32.2. The highest BCUT2D eigenvalue weighted by Gasteiger charge is 2.29. The average molecular weight is 298 g/mol. The van der Waals surface area contributed by atoms with E-state index in [9.17, 15) is 13.2 Å². The summed E-state index contributed by atoms with van der Waals surface area (Å²) < 4.78 is 26.2. The molecule has 0 atom stereocenters. The molecule has 0 radical (unpaired) electrons. The summed E-state index contributed by atoms with van der Waals surface area (Å²) in [6, 6.07) is 6.71. The van der Waals surface area contributed by atoms with Gasteiger partial charge in [0.25, 0.3) is 0 Å². The molecule has 0 bridgehead atoms. The van der Waals surface area contributed by atoms with Gasteiger partial charge in [-0.1, -0.05) is 17.7 Å². The lowest BCUT2D eigenvalue weighted by atomic mass is 10.2. The molecule has 110 valence electrons. The van der Waals surface area contributed by atoms with Gasteiger partial charge in [-0.3, -0.25) is 4.79 Å². The molecule has 7 heteroatoms. The number of aryl methyl sites for hydroxylation is 1. The number of amides is 1. The van der Waals surface area contributed by atoms with Gasteiger partial charge in [0.2, 0.25) is 15.9 Å². The average Bonchev–Trinajstić information content (AvgIpc) is 2.47. The van der Waals surface area contributed by atoms with Crippen molar-refractivity contribution < 1.29 is 18.3 Å². The van der Waals surface area contributed by atoms with E-state index in [1.54, 1.807) is 24.3 Å². The molecule has 1 aliphatic heterocycles. The second-order valence-corrected chi connectivity index (χ2v) is 6.69. The van der Waals surface area contributed by atoms with E-state index in [0.717, 1.165) is 5.56 Å². The molecular weight excluding hydrogens is 280 g/mol. The van der Waals surface area contributed by atoms with E-state index in [1.807, 2.05) is 6.92 Å². The summed E-state index contributed by atoms with van der Waals surface area (Å²) in [5, 5.41) is 8.79. The van der Waals surface area contributed by atoms with Gasteiger partial charge in [-0.25, -0.2) is 8.42 Å². The lowest BCUT2D eigenvalue weighted by Crippen LogP contribution is -2.51. The van der Waals surface area contributed by atoms with Crippen molar-refractivity contribution in [2.24, 2.45) is 0 Å². The van der Waals surface area contributed by atoms with Gasteiger partial charge < -0.3 is 10.0 Å². The van der Waals surface area contributed by atoms with Gasteiger partial charge in [0.1, 0.15) is 6.61 Å². The normalized spacial score (nSPS) is 17.2. The Morgan fingerprint density at radius 1 is 1.15 bits per heavy atom. The molecule has 0 spiro atoms. The van der Waals surface area contributed by atoms with Crippen molar-refractivity contribution >= 4 is 15.9 Å². The van der Waals surface area contributed by atoms with Crippen molar-refractivity contribution in [3.05, 3.63) is 29.8 Å². The number of aliphatic hydroxyl groups is 1. The molecule has 1 N–H and O–H groups in total. The van der Waals surface area contributed by atoms with Crippen molar-refractivity contribution in [3.63, 3.8) is 0 Å². The van der Waals surface area contributed by atoms with Gasteiger partial charge >= 0.3 is 0 Å². The number of carbonyl (C=O) groups excluding carboxylic acids is 1. The fourth-order valence-electron chi connectivity index (χ4n) is 2.14. The lowest BCUT2D eigenvalue weighted by molar-refractivity contribution is -0.135. The molecular formula is C13H18N2O4S. The second-order valence-electron chi connectivity index (χ2n) is 4.76. The molecule has 1 fully saturated rings. The minimum Gasteiger partial charge on any atom is -0.387 e. The first kappa shape index (κ1) is 15.0. The van der Waals surface area contributed by atoms with Gasteiger partial charge in [0.15, 0.2) is 0 Å². The summed E-state index contributed by atoms with van der Waals surface area (Å²) in [5.74, 6) is -0.364. The maximum Gasteiger partial charge on any atom is 0.248 e. The Labute approximate surface area is 118 Å². The Balaban J connectivity index is 2.09. The number of benzene rings is 1. The van der Waals surface area contributed by atoms with E-state index in [0.29, 0.717) is 13.1 Å². The van der Waals surface area contributed by atoms with Crippen LogP contribution in [0.25, 0.3) is 0 Å². The van der Waals surface area contributed by atoms with Crippen LogP contribution in [0.3, 0.4) is 0 Å². The zero-order valence-electron chi connectivity index (χ0n) is 11.3. The number of carbonyl (C=O) groups is 1. The topological polar surface area (TPSA) is 77.9 Å². The van der Waals surface area contributed by atoms with E-state index in [-0.39, 0.29) is 23.9 Å². The van der Waals surface area contributed by atoms with E-state index >= 15 is 0 Å². The quantitative estimate of drug-likeness (QED) is 0.840. The molecule has 2 rings (SSSR count). The molecule has 1 saturated heterocycles. The first-order valence-electron chi connectivity index (χ1n) is 6.40. The zero-order chi connectivity index (χ0) is 14.8. The minimum atomic E-state index is -3.50. The molecule has 0 saturated carbocycles. The van der Waals surface area contributed by atoms with E-state index in [4.69, 9.17) is 5.11 Å². The SMILES string of the molecule is Cc1ccc(S(=O)(=O)N2CCN(C(=O)CO)CC2)cc1. The molecule has 0 aliphatic carbocycles. The van der Waals surface area contributed by atoms with Crippen molar-refractivity contribution in [3.8, 4) is 0 Å². The largest absolute Gasteiger partial charge is 0.387 e. The van der Waals surface area contributed by atoms with Crippen LogP contribution in [0.2, 0.25) is 0 Å². The highest BCUT2D eigenvalue weighted by Crippen LogP contribution is 2.18. The van der Waals surface area contributed by atoms with E-state index < -0.39 is 16.6 Å². The van der Waals surface area contributed by atoms with Crippen LogP contribution >= 0.6 is 0 Å². The molecule has 0 aromatic heterocycles. The number of rotatable bonds is 3. The molecule has 1 aliphatic rings. The predicted molar refractivity (Wildman–Crippen MR) is 73.6 cm³/mol. The smallest absolute Gasteiger partial charge is 0.248 e. The maximum atomic E-state index is 12.4. The van der Waals surface area contributed by atoms with Gasteiger partial charge in [-0.05, 0) is 19.1 Å². The number of hydrogen-bond acceptors (Lipinski definition) is 4. The fraction of sp³-hybridized carbons (Fsp3) is 0.462. The Kier molecular flexibility index (Phi) is 4.42. The molecule has 1 heterocycles. The summed E-state index contributed by atoms with van der Waals surface area (Å²) in [7, 11) is -3.50. The molecule has 0 unspecified atom stereocenters. The third kappa shape index (κ3) is 3.00. The summed E-state index contributed by atoms with van der Waals surface area (Å²) in [5.41, 5.74) is 1.00. The summed E-state index contributed by atoms with van der Waals surface area (Å²) in [6.45, 7) is 2.49. The maximum absolute atomic E-state index is 12.4. The lowest BCUT2D eigenvalue weighted by Gasteiger charge is -2.33. The summed E-state index contributed by atoms with van der Waals surface area (Å²) >= 11 is 0. The van der Waals surface area contributed by atoms with E-state index in [1.165, 1.54) is 9.21 Å². The Bertz CT molecular complexity index is 575. The first-order valence-corrected chi connectivity index (χ1v) is 7.84. The standard InChI is InChI=1S/C13H18N2O4S/c1-11-2-4-12(5-3-11)20(18,19)15-8-6-14(7-9-15)13(17)10-16/h2-5,16H,6-10H2,1H3. The van der Waals surface area contributed by atoms with Crippen LogP contribution in [0.4, 0.5) is 0 Å². The van der Waals surface area contributed by atoms with Crippen LogP contribution in [0, 0.1) is 6.92 Å². The fourth-order valence-corrected chi connectivity index (χ4v) is 3.56. The van der Waals surface area contributed by atoms with Crippen molar-refractivity contribution in [2.45, 2.75) is 11.8 Å². The first-order chi connectivity index (χ1) is 9.45. The number of hydrogen-bond donors (Lipinski definition) is 1. The third-order valence-corrected chi connectivity index (χ3v) is 5.30. The van der Waals surface area contributed by atoms with Gasteiger partial charge in [0.05, 0.1) is 4.90 Å². The number of aliphatic hydroxyl groups excluding tert-OH is 1. The van der Waals surface area contributed by atoms with Gasteiger partial charge in [0, 0.05) is 26.2 Å². The van der Waals surface area contributed by atoms with Crippen LogP contribution in [-0.4, -0.2) is 61.4 Å². The molecule has 1 aromatic rings. The highest BCUT2D eigenvalue weighted by molar-refractivity contribution is 7.89. The summed E-state index contributed by atoms with van der Waals surface area (Å²) in [6.07, 6.45) is 0. The second kappa shape index (κ2) is 5.90. The molecule has 6 nitrogen and oxygen atoms in total.